The zero-order chi connectivity index (χ0) is 21.3. The minimum atomic E-state index is 0. The number of allylic oxidation sites excluding steroid dienone is 1. The van der Waals surface area contributed by atoms with Gasteiger partial charge in [-0.15, -0.1) is 0 Å². The number of nitrogens with two attached hydrogens (primary N) is 1. The highest BCUT2D eigenvalue weighted by Gasteiger charge is 2.18. The monoisotopic (exact) mass is 411 g/mol. The van der Waals surface area contributed by atoms with Crippen molar-refractivity contribution in [2.45, 2.75) is 58.3 Å². The molecule has 0 spiro atoms. The van der Waals surface area contributed by atoms with Crippen LogP contribution in [0.1, 0.15) is 64.1 Å². The third-order valence-corrected chi connectivity index (χ3v) is 5.80. The van der Waals surface area contributed by atoms with E-state index in [-0.39, 0.29) is 1.43 Å². The lowest BCUT2D eigenvalue weighted by atomic mass is 9.95. The Morgan fingerprint density at radius 2 is 2.20 bits per heavy atom. The van der Waals surface area contributed by atoms with Crippen molar-refractivity contribution in [3.8, 4) is 0 Å². The SMILES string of the molecule is C=CNC(=NCCNCCC(CC)c1noc2cc(C)ccc12)C1=C(N)CCCC1.[HH]. The molecule has 6 heteroatoms. The number of aryl methyl sites for hydroxylation is 1. The van der Waals surface area contributed by atoms with Crippen molar-refractivity contribution in [3.05, 3.63) is 53.5 Å². The maximum Gasteiger partial charge on any atom is 0.167 e. The summed E-state index contributed by atoms with van der Waals surface area (Å²) in [6.07, 6.45) is 8.01. The van der Waals surface area contributed by atoms with Crippen molar-refractivity contribution >= 4 is 16.8 Å². The van der Waals surface area contributed by atoms with Gasteiger partial charge in [0.15, 0.2) is 5.58 Å². The van der Waals surface area contributed by atoms with Gasteiger partial charge >= 0.3 is 0 Å². The number of nitrogens with zero attached hydrogens (tertiary/aromatic N) is 2. The van der Waals surface area contributed by atoms with E-state index in [1.165, 1.54) is 12.0 Å². The first-order valence-corrected chi connectivity index (χ1v) is 11.1. The standard InChI is InChI=1S/C24H35N5O.H2/c1-4-18(23-20-11-10-17(3)16-22(20)30-29-23)12-13-26-14-15-28-24(27-5-2)19-8-6-7-9-21(19)25;/h5,10-11,16,18,26H,2,4,6-9,12-15,25H2,1,3H3,(H,27,28);1H. The molecule has 0 radical (unpaired) electrons. The van der Waals surface area contributed by atoms with E-state index in [2.05, 4.69) is 54.4 Å². The van der Waals surface area contributed by atoms with Crippen LogP contribution in [0.5, 0.6) is 0 Å². The van der Waals surface area contributed by atoms with Crippen LogP contribution < -0.4 is 16.4 Å². The predicted octanol–water partition coefficient (Wildman–Crippen LogP) is 4.77. The Morgan fingerprint density at radius 1 is 1.37 bits per heavy atom. The summed E-state index contributed by atoms with van der Waals surface area (Å²) in [5.74, 6) is 1.26. The number of aliphatic imine (C=N–C) groups is 1. The van der Waals surface area contributed by atoms with Crippen LogP contribution in [0.3, 0.4) is 0 Å². The van der Waals surface area contributed by atoms with Crippen LogP contribution in [0.2, 0.25) is 0 Å². The molecule has 0 saturated heterocycles. The second-order valence-corrected chi connectivity index (χ2v) is 8.00. The van der Waals surface area contributed by atoms with Gasteiger partial charge in [-0.1, -0.05) is 24.7 Å². The van der Waals surface area contributed by atoms with Crippen LogP contribution in [-0.2, 0) is 0 Å². The molecule has 0 aliphatic heterocycles. The van der Waals surface area contributed by atoms with E-state index in [9.17, 15) is 0 Å². The van der Waals surface area contributed by atoms with Crippen LogP contribution in [0.4, 0.5) is 0 Å². The van der Waals surface area contributed by atoms with Crippen LogP contribution in [0.25, 0.3) is 11.0 Å². The molecule has 0 saturated carbocycles. The van der Waals surface area contributed by atoms with Crippen molar-refractivity contribution in [2.24, 2.45) is 10.7 Å². The van der Waals surface area contributed by atoms with Gasteiger partial charge in [0.25, 0.3) is 0 Å². The second kappa shape index (κ2) is 11.0. The number of aromatic nitrogens is 1. The molecule has 0 fully saturated rings. The van der Waals surface area contributed by atoms with Crippen molar-refractivity contribution in [1.82, 2.24) is 15.8 Å². The summed E-state index contributed by atoms with van der Waals surface area (Å²) in [6.45, 7) is 10.5. The number of hydrogen-bond donors (Lipinski definition) is 3. The first-order chi connectivity index (χ1) is 14.6. The summed E-state index contributed by atoms with van der Waals surface area (Å²) >= 11 is 0. The molecule has 1 aliphatic rings. The Balaban J connectivity index is 0.00000341. The lowest BCUT2D eigenvalue weighted by Gasteiger charge is -2.19. The average molecular weight is 412 g/mol. The molecule has 2 aromatic rings. The minimum Gasteiger partial charge on any atom is -0.402 e. The molecular weight excluding hydrogens is 374 g/mol. The average Bonchev–Trinajstić information content (AvgIpc) is 3.16. The molecule has 1 aromatic heterocycles. The summed E-state index contributed by atoms with van der Waals surface area (Å²) < 4.78 is 5.56. The Labute approximate surface area is 181 Å². The summed E-state index contributed by atoms with van der Waals surface area (Å²) in [6, 6.07) is 6.30. The number of rotatable bonds is 10. The lowest BCUT2D eigenvalue weighted by Crippen LogP contribution is -2.27. The molecule has 30 heavy (non-hydrogen) atoms. The third-order valence-electron chi connectivity index (χ3n) is 5.80. The fourth-order valence-electron chi connectivity index (χ4n) is 4.06. The van der Waals surface area contributed by atoms with Gasteiger partial charge in [0.2, 0.25) is 0 Å². The zero-order valence-electron chi connectivity index (χ0n) is 18.3. The predicted molar refractivity (Wildman–Crippen MR) is 127 cm³/mol. The molecule has 1 atom stereocenters. The van der Waals surface area contributed by atoms with E-state index in [4.69, 9.17) is 15.2 Å². The molecule has 0 bridgehead atoms. The fourth-order valence-corrected chi connectivity index (χ4v) is 4.06. The Bertz CT molecular complexity index is 918. The van der Waals surface area contributed by atoms with Gasteiger partial charge in [-0.3, -0.25) is 4.99 Å². The Kier molecular flexibility index (Phi) is 8.08. The fraction of sp³-hybridized carbons (Fsp3) is 0.500. The van der Waals surface area contributed by atoms with Crippen molar-refractivity contribution < 1.29 is 5.95 Å². The summed E-state index contributed by atoms with van der Waals surface area (Å²) in [5.41, 5.74) is 11.5. The van der Waals surface area contributed by atoms with Crippen LogP contribution in [0.15, 0.2) is 51.8 Å². The van der Waals surface area contributed by atoms with Gasteiger partial charge in [-0.2, -0.15) is 0 Å². The largest absolute Gasteiger partial charge is 0.402 e. The molecule has 3 rings (SSSR count). The highest BCUT2D eigenvalue weighted by Crippen LogP contribution is 2.29. The van der Waals surface area contributed by atoms with Gasteiger partial charge < -0.3 is 20.9 Å². The molecule has 1 aromatic carbocycles. The molecule has 6 nitrogen and oxygen atoms in total. The van der Waals surface area contributed by atoms with E-state index < -0.39 is 0 Å². The van der Waals surface area contributed by atoms with E-state index in [0.717, 1.165) is 79.0 Å². The van der Waals surface area contributed by atoms with Crippen molar-refractivity contribution in [2.75, 3.05) is 19.6 Å². The summed E-state index contributed by atoms with van der Waals surface area (Å²) in [4.78, 5) is 4.73. The number of benzene rings is 1. The molecule has 1 heterocycles. The molecule has 4 N–H and O–H groups in total. The molecule has 1 unspecified atom stereocenters. The number of fused-ring (bicyclic) bond motifs is 1. The van der Waals surface area contributed by atoms with Gasteiger partial charge in [0.05, 0.1) is 12.2 Å². The summed E-state index contributed by atoms with van der Waals surface area (Å²) in [7, 11) is 0. The highest BCUT2D eigenvalue weighted by molar-refractivity contribution is 5.99. The molecule has 164 valence electrons. The minimum absolute atomic E-state index is 0. The van der Waals surface area contributed by atoms with Gasteiger partial charge in [-0.25, -0.2) is 0 Å². The molecule has 0 amide bonds. The quantitative estimate of drug-likeness (QED) is 0.298. The first-order valence-electron chi connectivity index (χ1n) is 11.1. The van der Waals surface area contributed by atoms with Crippen LogP contribution in [-0.4, -0.2) is 30.6 Å². The topological polar surface area (TPSA) is 88.5 Å². The summed E-state index contributed by atoms with van der Waals surface area (Å²) in [5, 5.41) is 12.2. The molecule has 1 aliphatic carbocycles. The Morgan fingerprint density at radius 3 is 2.97 bits per heavy atom. The molecular formula is C24H37N5O. The highest BCUT2D eigenvalue weighted by atomic mass is 16.5. The van der Waals surface area contributed by atoms with Crippen LogP contribution in [0, 0.1) is 6.92 Å². The van der Waals surface area contributed by atoms with Gasteiger partial charge in [-0.05, 0) is 75.9 Å². The second-order valence-electron chi connectivity index (χ2n) is 8.00. The number of amidine groups is 1. The first kappa shape index (κ1) is 22.1. The van der Waals surface area contributed by atoms with E-state index in [1.807, 2.05) is 0 Å². The van der Waals surface area contributed by atoms with E-state index >= 15 is 0 Å². The van der Waals surface area contributed by atoms with Crippen LogP contribution >= 0.6 is 0 Å². The van der Waals surface area contributed by atoms with Crippen molar-refractivity contribution in [3.63, 3.8) is 0 Å². The normalized spacial score (nSPS) is 16.1. The maximum atomic E-state index is 6.20. The number of nitrogens with one attached hydrogen (secondary N) is 2. The van der Waals surface area contributed by atoms with Gasteiger partial charge in [0, 0.05) is 30.5 Å². The van der Waals surface area contributed by atoms with E-state index in [0.29, 0.717) is 12.5 Å². The maximum absolute atomic E-state index is 6.20. The Hall–Kier alpha value is -2.60. The van der Waals surface area contributed by atoms with E-state index in [1.54, 1.807) is 6.20 Å². The zero-order valence-corrected chi connectivity index (χ0v) is 18.3. The van der Waals surface area contributed by atoms with Crippen molar-refractivity contribution in [1.29, 1.82) is 0 Å². The lowest BCUT2D eigenvalue weighted by molar-refractivity contribution is 0.428. The third kappa shape index (κ3) is 5.51. The number of hydrogen-bond acceptors (Lipinski definition) is 5. The van der Waals surface area contributed by atoms with Gasteiger partial charge in [0.1, 0.15) is 5.84 Å². The smallest absolute Gasteiger partial charge is 0.167 e.